The summed E-state index contributed by atoms with van der Waals surface area (Å²) < 4.78 is 139. The molecule has 3 aliphatic heterocycles. The van der Waals surface area contributed by atoms with E-state index in [0.717, 1.165) is 63.9 Å². The summed E-state index contributed by atoms with van der Waals surface area (Å²) in [6, 6.07) is 12.9. The normalized spacial score (nSPS) is 15.6. The zero-order valence-corrected chi connectivity index (χ0v) is 66.2. The van der Waals surface area contributed by atoms with E-state index < -0.39 is 119 Å². The van der Waals surface area contributed by atoms with Crippen LogP contribution in [-0.2, 0) is 55.5 Å². The Morgan fingerprint density at radius 3 is 1.37 bits per heavy atom. The smallest absolute Gasteiger partial charge is 0.411 e. The van der Waals surface area contributed by atoms with Crippen LogP contribution in [0, 0.1) is 25.5 Å². The number of rotatable bonds is 23. The lowest BCUT2D eigenvalue weighted by molar-refractivity contribution is -0.167. The van der Waals surface area contributed by atoms with Crippen LogP contribution in [0.15, 0.2) is 141 Å². The number of aliphatic carboxylic acids is 1. The number of fused-ring (bicyclic) bond motifs is 4. The molecule has 4 aromatic carbocycles. The molecule has 4 atom stereocenters. The molecule has 9 heterocycles. The fraction of sp³-hybridized carbons (Fsp3) is 0.415. The average Bonchev–Trinajstić information content (AvgIpc) is 0.807. The van der Waals surface area contributed by atoms with Crippen molar-refractivity contribution < 1.29 is 83.5 Å². The number of carbonyl (C=O) groups is 4. The van der Waals surface area contributed by atoms with Crippen LogP contribution in [0.1, 0.15) is 83.5 Å². The Kier molecular flexibility index (Phi) is 29.9. The van der Waals surface area contributed by atoms with Gasteiger partial charge in [0.2, 0.25) is 0 Å². The van der Waals surface area contributed by atoms with Crippen LogP contribution in [-0.4, -0.2) is 224 Å². The van der Waals surface area contributed by atoms with E-state index in [2.05, 4.69) is 49.3 Å². The number of aliphatic hydroxyl groups excluding tert-OH is 1. The van der Waals surface area contributed by atoms with E-state index in [9.17, 15) is 69.8 Å². The van der Waals surface area contributed by atoms with Crippen LogP contribution in [0.4, 0.5) is 46.5 Å². The van der Waals surface area contributed by atoms with Crippen molar-refractivity contribution in [3.63, 3.8) is 0 Å². The number of carboxylic acid groups (broad SMARTS) is 1. The summed E-state index contributed by atoms with van der Waals surface area (Å²) in [4.78, 5) is 130. The standard InChI is InChI=1S/C39H41F4N7O6.C33H28F4N6O6.C6H15NO.C4H8O/c1-5-48(6-2)14-17-56-37(53)29(46-35(51)33-23(3)18-25(20-28(33)40)49-15-16-55-22-32(49)39(41,42)43)19-24-9-10-30(34-26(24)8-7-12-45-34)50-36(52)27-11-13-44-21-31(27)47(4)38(50)54;1-17-12-19(42-10-11-49-16-26(42)33(35,36)37)14-22(34)27(17)29(44)40-23(31(46)47)13-18-5-6-24(28-20(18)4-3-8-39-28)43-30(45)21-7-9-38-15-25(21)41(2)32(43)48;1-3-7(4-2)5-6-8;1-2-4-5-3-1/h7-13,18,20-21,29,32H,5-6,14-17,19,22H2,1-4H3,(H,46,51);3-9,12,14-15,23,26H,10-11,13,16H2,1-2H3,(H,40,44)(H,46,47);8H,3-6H2,1-2H3;1-4H2/t29-,32+;23-,26+;;/m00../s1. The van der Waals surface area contributed by atoms with E-state index in [1.54, 1.807) is 30.3 Å². The molecule has 10 aromatic rings. The van der Waals surface area contributed by atoms with Gasteiger partial charge in [-0.05, 0) is 136 Å². The molecule has 6 aromatic heterocycles. The van der Waals surface area contributed by atoms with Crippen molar-refractivity contribution in [2.45, 2.75) is 104 Å². The number of aliphatic hydroxyl groups is 1. The van der Waals surface area contributed by atoms with Crippen molar-refractivity contribution in [3.05, 3.63) is 209 Å². The molecule has 3 fully saturated rings. The maximum Gasteiger partial charge on any atom is 0.411 e. The fourth-order valence-electron chi connectivity index (χ4n) is 14.3. The Morgan fingerprint density at radius 1 is 0.568 bits per heavy atom. The Labute approximate surface area is 671 Å². The molecule has 36 heteroatoms. The van der Waals surface area contributed by atoms with Crippen LogP contribution in [0.2, 0.25) is 0 Å². The van der Waals surface area contributed by atoms with Gasteiger partial charge in [-0.1, -0.05) is 52.0 Å². The molecule has 0 spiro atoms. The molecular weight excluding hydrogens is 1560 g/mol. The van der Waals surface area contributed by atoms with Gasteiger partial charge in [0.05, 0.1) is 101 Å². The second kappa shape index (κ2) is 39.7. The van der Waals surface area contributed by atoms with Crippen molar-refractivity contribution in [2.24, 2.45) is 14.1 Å². The number of esters is 1. The number of benzene rings is 4. The zero-order valence-electron chi connectivity index (χ0n) is 66.2. The van der Waals surface area contributed by atoms with Gasteiger partial charge >= 0.3 is 35.7 Å². The number of pyridine rings is 4. The number of hydrogen-bond donors (Lipinski definition) is 4. The highest BCUT2D eigenvalue weighted by Gasteiger charge is 2.47. The van der Waals surface area contributed by atoms with Crippen molar-refractivity contribution >= 4 is 78.7 Å². The second-order valence-corrected chi connectivity index (χ2v) is 28.0. The lowest BCUT2D eigenvalue weighted by Crippen LogP contribution is -2.53. The van der Waals surface area contributed by atoms with E-state index in [1.807, 2.05) is 18.7 Å². The van der Waals surface area contributed by atoms with Gasteiger partial charge in [0, 0.05) is 113 Å². The molecule has 28 nitrogen and oxygen atoms in total. The third-order valence-electron chi connectivity index (χ3n) is 20.7. The van der Waals surface area contributed by atoms with Crippen molar-refractivity contribution in [2.75, 3.05) is 115 Å². The van der Waals surface area contributed by atoms with Crippen molar-refractivity contribution in [1.82, 2.24) is 58.6 Å². The third kappa shape index (κ3) is 20.4. The molecule has 0 unspecified atom stereocenters. The van der Waals surface area contributed by atoms with Gasteiger partial charge in [-0.2, -0.15) is 26.3 Å². The summed E-state index contributed by atoms with van der Waals surface area (Å²) in [5.41, 5.74) is -1.23. The van der Waals surface area contributed by atoms with Gasteiger partial charge in [-0.25, -0.2) is 37.1 Å². The van der Waals surface area contributed by atoms with Crippen molar-refractivity contribution in [1.29, 1.82) is 0 Å². The quantitative estimate of drug-likeness (QED) is 0.0344. The molecule has 0 aliphatic carbocycles. The Balaban J connectivity index is 0.000000216. The maximum absolute atomic E-state index is 15.8. The summed E-state index contributed by atoms with van der Waals surface area (Å²) in [5.74, 6) is -6.51. The number of alkyl halides is 6. The number of carboxylic acids is 1. The molecule has 3 saturated heterocycles. The van der Waals surface area contributed by atoms with E-state index in [1.165, 1.54) is 130 Å². The first kappa shape index (κ1) is 88.9. The first-order chi connectivity index (χ1) is 56.4. The molecule has 0 bridgehead atoms. The lowest BCUT2D eigenvalue weighted by atomic mass is 9.99. The minimum Gasteiger partial charge on any atom is -0.480 e. The molecule has 0 radical (unpaired) electrons. The molecule has 4 N–H and O–H groups in total. The van der Waals surface area contributed by atoms with Gasteiger partial charge in [0.1, 0.15) is 42.4 Å². The summed E-state index contributed by atoms with van der Waals surface area (Å²) in [6.45, 7) is 16.3. The van der Waals surface area contributed by atoms with Crippen LogP contribution in [0.5, 0.6) is 0 Å². The summed E-state index contributed by atoms with van der Waals surface area (Å²) >= 11 is 0. The zero-order chi connectivity index (χ0) is 85.4. The monoisotopic (exact) mass is 1650 g/mol. The SMILES string of the molecule is C1CCOC1.CCN(CC)CCO.CCN(CC)CCOC(=O)[C@H](Cc1ccc(-n2c(=O)c3ccncc3n(C)c2=O)c2ncccc12)NC(=O)c1c(C)cc(N2CCOC[C@@H]2C(F)(F)F)cc1F.Cc1cc(N2CCOC[C@@H]2C(F)(F)F)cc(F)c1C(=O)N[C@@H](Cc1ccc(-n2c(=O)c3ccncc3n(C)c2=O)c2ncccc12)C(=O)O. The number of nitrogens with one attached hydrogen (secondary N) is 2. The van der Waals surface area contributed by atoms with E-state index in [4.69, 9.17) is 24.1 Å². The molecule has 2 amide bonds. The van der Waals surface area contributed by atoms with Gasteiger partial charge in [-0.15, -0.1) is 0 Å². The van der Waals surface area contributed by atoms with Crippen LogP contribution >= 0.6 is 0 Å². The van der Waals surface area contributed by atoms with Gasteiger partial charge in [0.25, 0.3) is 22.9 Å². The number of amides is 2. The molecule has 630 valence electrons. The number of likely N-dealkylation sites (N-methyl/N-ethyl adjacent to an activating group) is 2. The number of morpholine rings is 2. The third-order valence-corrected chi connectivity index (χ3v) is 20.7. The van der Waals surface area contributed by atoms with E-state index >= 15 is 8.78 Å². The summed E-state index contributed by atoms with van der Waals surface area (Å²) in [5, 5.41) is 24.8. The predicted octanol–water partition coefficient (Wildman–Crippen LogP) is 8.46. The number of halogens is 8. The van der Waals surface area contributed by atoms with Gasteiger partial charge in [-0.3, -0.25) is 48.2 Å². The Hall–Kier alpha value is -11.4. The minimum atomic E-state index is -4.65. The maximum atomic E-state index is 15.8. The first-order valence-corrected chi connectivity index (χ1v) is 38.3. The Morgan fingerprint density at radius 2 is 0.992 bits per heavy atom. The minimum absolute atomic E-state index is 0.000172. The largest absolute Gasteiger partial charge is 0.480 e. The molecular formula is C82H92F8N14O14. The second-order valence-electron chi connectivity index (χ2n) is 28.0. The summed E-state index contributed by atoms with van der Waals surface area (Å²) in [6.07, 6.45) is 1.41. The number of hydrogen-bond acceptors (Lipinski definition) is 21. The molecule has 3 aliphatic rings. The van der Waals surface area contributed by atoms with Crippen molar-refractivity contribution in [3.8, 4) is 11.4 Å². The highest BCUT2D eigenvalue weighted by Crippen LogP contribution is 2.36. The first-order valence-electron chi connectivity index (χ1n) is 38.3. The average molecular weight is 1650 g/mol. The van der Waals surface area contributed by atoms with E-state index in [0.29, 0.717) is 52.6 Å². The van der Waals surface area contributed by atoms with Crippen LogP contribution in [0.25, 0.3) is 55.0 Å². The topological polar surface area (TPSA) is 322 Å². The number of aromatic nitrogens is 8. The number of ether oxygens (including phenoxy) is 4. The highest BCUT2D eigenvalue weighted by molar-refractivity contribution is 6.00. The summed E-state index contributed by atoms with van der Waals surface area (Å²) in [7, 11) is 3.01. The van der Waals surface area contributed by atoms with Gasteiger partial charge < -0.3 is 59.4 Å². The molecule has 13 rings (SSSR count). The van der Waals surface area contributed by atoms with Gasteiger partial charge in [0.15, 0.2) is 0 Å². The Bertz CT molecular complexity index is 5480. The van der Waals surface area contributed by atoms with Crippen LogP contribution < -0.4 is 42.9 Å². The number of carbonyl (C=O) groups excluding carboxylic acids is 3. The predicted molar refractivity (Wildman–Crippen MR) is 425 cm³/mol. The number of anilines is 2. The lowest BCUT2D eigenvalue weighted by Gasteiger charge is -2.38. The van der Waals surface area contributed by atoms with E-state index in [-0.39, 0.29) is 108 Å². The molecule has 0 saturated carbocycles. The molecule has 118 heavy (non-hydrogen) atoms. The highest BCUT2D eigenvalue weighted by atomic mass is 19.4. The number of nitrogens with zero attached hydrogens (tertiary/aromatic N) is 12. The fourth-order valence-corrected chi connectivity index (χ4v) is 14.3. The number of aryl methyl sites for hydroxylation is 4. The van der Waals surface area contributed by atoms with Crippen LogP contribution in [0.3, 0.4) is 0 Å².